The number of aromatic nitrogens is 1. The number of nitrogens with zero attached hydrogens (tertiary/aromatic N) is 3. The van der Waals surface area contributed by atoms with Crippen molar-refractivity contribution in [1.82, 2.24) is 9.56 Å². The third kappa shape index (κ3) is 4.24. The van der Waals surface area contributed by atoms with E-state index in [1.807, 2.05) is 11.3 Å². The summed E-state index contributed by atoms with van der Waals surface area (Å²) in [5, 5.41) is 1.22. The van der Waals surface area contributed by atoms with E-state index in [0.717, 1.165) is 24.3 Å². The largest absolute Gasteiger partial charge is 0.371 e. The second-order valence-corrected chi connectivity index (χ2v) is 8.19. The van der Waals surface area contributed by atoms with Gasteiger partial charge in [0.05, 0.1) is 20.8 Å². The molecule has 0 N–H and O–H groups in total. The maximum Gasteiger partial charge on any atom is 0.201 e. The van der Waals surface area contributed by atoms with Crippen molar-refractivity contribution in [3.63, 3.8) is 0 Å². The van der Waals surface area contributed by atoms with Crippen LogP contribution in [0, 0.1) is 0 Å². The van der Waals surface area contributed by atoms with Crippen molar-refractivity contribution >= 4 is 27.2 Å². The van der Waals surface area contributed by atoms with Crippen LogP contribution in [0.1, 0.15) is 39.5 Å². The summed E-state index contributed by atoms with van der Waals surface area (Å²) in [5.41, 5.74) is 3.50. The lowest BCUT2D eigenvalue weighted by molar-refractivity contribution is 0.678. The van der Waals surface area contributed by atoms with Crippen LogP contribution in [0.15, 0.2) is 36.4 Å². The van der Waals surface area contributed by atoms with Gasteiger partial charge in [-0.1, -0.05) is 26.7 Å². The minimum atomic E-state index is 1.08. The fourth-order valence-corrected chi connectivity index (χ4v) is 4.18. The van der Waals surface area contributed by atoms with Crippen molar-refractivity contribution in [1.29, 1.82) is 0 Å². The van der Waals surface area contributed by atoms with E-state index in [9.17, 15) is 0 Å². The number of rotatable bonds is 7. The molecule has 0 unspecified atom stereocenters. The highest BCUT2D eigenvalue weighted by molar-refractivity contribution is 7.21. The van der Waals surface area contributed by atoms with Crippen LogP contribution in [-0.2, 0) is 0 Å². The molecule has 0 amide bonds. The Balaban J connectivity index is 2.04. The molecule has 0 saturated heterocycles. The zero-order valence-electron chi connectivity index (χ0n) is 16.5. The van der Waals surface area contributed by atoms with E-state index in [1.54, 1.807) is 0 Å². The van der Waals surface area contributed by atoms with E-state index in [4.69, 9.17) is 4.98 Å². The Morgan fingerprint density at radius 3 is 2.35 bits per heavy atom. The van der Waals surface area contributed by atoms with Crippen LogP contribution in [0.25, 0.3) is 20.8 Å². The molecular weight excluding hydrogens is 338 g/mol. The number of hydrogen-bond donors (Lipinski definition) is 0. The molecule has 3 rings (SSSR count). The van der Waals surface area contributed by atoms with Crippen LogP contribution in [0.3, 0.4) is 0 Å². The molecule has 0 spiro atoms. The number of anilines is 1. The topological polar surface area (TPSA) is 19.1 Å². The SMILES string of the molecule is CCCCN(CCCC)c1ccc2nc3ccc(=[N+](C)C)cc-3sc2c1. The molecular formula is C22H30N3S+. The van der Waals surface area contributed by atoms with E-state index in [0.29, 0.717) is 0 Å². The first-order valence-corrected chi connectivity index (χ1v) is 10.5. The molecule has 0 fully saturated rings. The molecule has 0 saturated carbocycles. The molecule has 0 bridgehead atoms. The third-order valence-corrected chi connectivity index (χ3v) is 5.89. The van der Waals surface area contributed by atoms with E-state index in [-0.39, 0.29) is 0 Å². The van der Waals surface area contributed by atoms with Crippen molar-refractivity contribution < 1.29 is 0 Å². The number of fused-ring (bicyclic) bond motifs is 2. The minimum Gasteiger partial charge on any atom is -0.371 e. The average molecular weight is 369 g/mol. The van der Waals surface area contributed by atoms with Crippen molar-refractivity contribution in [2.75, 3.05) is 32.1 Å². The molecule has 1 heterocycles. The molecule has 2 aliphatic rings. The zero-order chi connectivity index (χ0) is 18.5. The van der Waals surface area contributed by atoms with Crippen LogP contribution < -0.4 is 14.8 Å². The van der Waals surface area contributed by atoms with Crippen LogP contribution in [0.4, 0.5) is 5.69 Å². The summed E-state index contributed by atoms with van der Waals surface area (Å²) >= 11 is 1.85. The van der Waals surface area contributed by atoms with Gasteiger partial charge in [0.25, 0.3) is 0 Å². The zero-order valence-corrected chi connectivity index (χ0v) is 17.3. The molecule has 1 aromatic rings. The average Bonchev–Trinajstić information content (AvgIpc) is 2.65. The summed E-state index contributed by atoms with van der Waals surface area (Å²) in [6.45, 7) is 6.80. The lowest BCUT2D eigenvalue weighted by atomic mass is 10.2. The van der Waals surface area contributed by atoms with Crippen LogP contribution in [0.2, 0.25) is 0 Å². The number of benzene rings is 2. The van der Waals surface area contributed by atoms with Crippen molar-refractivity contribution in [3.05, 3.63) is 41.8 Å². The summed E-state index contributed by atoms with van der Waals surface area (Å²) in [4.78, 5) is 8.66. The quantitative estimate of drug-likeness (QED) is 0.439. The third-order valence-electron chi connectivity index (χ3n) is 4.79. The van der Waals surface area contributed by atoms with Gasteiger partial charge >= 0.3 is 0 Å². The normalized spacial score (nSPS) is 11.2. The fraction of sp³-hybridized carbons (Fsp3) is 0.455. The first-order chi connectivity index (χ1) is 12.6. The van der Waals surface area contributed by atoms with E-state index in [1.165, 1.54) is 46.3 Å². The maximum absolute atomic E-state index is 4.88. The minimum absolute atomic E-state index is 1.08. The molecule has 138 valence electrons. The smallest absolute Gasteiger partial charge is 0.201 e. The predicted octanol–water partition coefficient (Wildman–Crippen LogP) is 4.84. The van der Waals surface area contributed by atoms with Gasteiger partial charge < -0.3 is 4.90 Å². The Hall–Kier alpha value is -1.94. The lowest BCUT2D eigenvalue weighted by Crippen LogP contribution is -2.25. The Labute approximate surface area is 161 Å². The number of hydrogen-bond acceptors (Lipinski definition) is 3. The summed E-state index contributed by atoms with van der Waals surface area (Å²) < 4.78 is 3.41. The van der Waals surface area contributed by atoms with Crippen LogP contribution in [-0.4, -0.2) is 32.2 Å². The second-order valence-electron chi connectivity index (χ2n) is 7.11. The molecule has 0 radical (unpaired) electrons. The Kier molecular flexibility index (Phi) is 6.25. The first kappa shape index (κ1) is 18.8. The molecule has 0 atom stereocenters. The fourth-order valence-electron chi connectivity index (χ4n) is 3.14. The second kappa shape index (κ2) is 8.63. The van der Waals surface area contributed by atoms with Gasteiger partial charge in [-0.3, -0.25) is 0 Å². The predicted molar refractivity (Wildman–Crippen MR) is 115 cm³/mol. The van der Waals surface area contributed by atoms with Crippen LogP contribution in [0.5, 0.6) is 0 Å². The van der Waals surface area contributed by atoms with Gasteiger partial charge in [-0.05, 0) is 37.1 Å². The molecule has 1 aliphatic carbocycles. The Bertz CT molecular complexity index is 901. The van der Waals surface area contributed by atoms with Gasteiger partial charge in [0.15, 0.2) is 0 Å². The first-order valence-electron chi connectivity index (χ1n) is 9.72. The summed E-state index contributed by atoms with van der Waals surface area (Å²) in [6, 6.07) is 13.3. The van der Waals surface area contributed by atoms with Gasteiger partial charge in [-0.25, -0.2) is 9.56 Å². The molecule has 1 aliphatic heterocycles. The Morgan fingerprint density at radius 1 is 0.962 bits per heavy atom. The van der Waals surface area contributed by atoms with E-state index >= 15 is 0 Å². The molecule has 4 heteroatoms. The Morgan fingerprint density at radius 2 is 1.69 bits per heavy atom. The highest BCUT2D eigenvalue weighted by Gasteiger charge is 2.11. The number of unbranched alkanes of at least 4 members (excludes halogenated alkanes) is 2. The van der Waals surface area contributed by atoms with Crippen molar-refractivity contribution in [3.8, 4) is 10.6 Å². The summed E-state index contributed by atoms with van der Waals surface area (Å²) in [5.74, 6) is 0. The van der Waals surface area contributed by atoms with E-state index in [2.05, 4.69) is 73.8 Å². The summed E-state index contributed by atoms with van der Waals surface area (Å²) in [6.07, 6.45) is 4.96. The van der Waals surface area contributed by atoms with Gasteiger partial charge in [0.2, 0.25) is 5.36 Å². The molecule has 1 aromatic carbocycles. The van der Waals surface area contributed by atoms with Crippen molar-refractivity contribution in [2.45, 2.75) is 39.5 Å². The van der Waals surface area contributed by atoms with E-state index < -0.39 is 0 Å². The molecule has 26 heavy (non-hydrogen) atoms. The van der Waals surface area contributed by atoms with Gasteiger partial charge in [0, 0.05) is 30.9 Å². The molecule has 3 nitrogen and oxygen atoms in total. The maximum atomic E-state index is 4.88. The monoisotopic (exact) mass is 368 g/mol. The standard InChI is InChI=1S/C22H30N3S/c1-5-7-13-25(14-8-6-2)18-10-12-20-22(16-18)26-21-15-17(24(3)4)9-11-19(21)23-20/h9-12,15-16H,5-8,13-14H2,1-4H3/q+1. The highest BCUT2D eigenvalue weighted by Crippen LogP contribution is 2.32. The van der Waals surface area contributed by atoms with Gasteiger partial charge in [-0.2, -0.15) is 0 Å². The van der Waals surface area contributed by atoms with Gasteiger partial charge in [0.1, 0.15) is 14.1 Å². The highest BCUT2D eigenvalue weighted by atomic mass is 32.1. The lowest BCUT2D eigenvalue weighted by Gasteiger charge is -2.25. The summed E-state index contributed by atoms with van der Waals surface area (Å²) in [7, 11) is 4.16. The van der Waals surface area contributed by atoms with Crippen molar-refractivity contribution in [2.24, 2.45) is 0 Å². The van der Waals surface area contributed by atoms with Crippen LogP contribution >= 0.6 is 11.3 Å². The molecule has 0 aromatic heterocycles. The van der Waals surface area contributed by atoms with Gasteiger partial charge in [-0.15, -0.1) is 11.3 Å².